The number of rotatable bonds is 1. The van der Waals surface area contributed by atoms with Crippen LogP contribution in [-0.2, 0) is 4.74 Å². The van der Waals surface area contributed by atoms with Gasteiger partial charge in [0.25, 0.3) is 0 Å². The standard InChI is InChI=1S/C14H17FN4O2/c1-14(2,3)21-13(20)19-6-8(7-19)11-10-9(15)4-5-16-12(10)18-17-11/h4-5,8H,6-7H2,1-3H3,(H,16,17,18). The molecule has 7 heteroatoms. The highest BCUT2D eigenvalue weighted by Crippen LogP contribution is 2.32. The number of aromatic amines is 1. The minimum absolute atomic E-state index is 0.00460. The van der Waals surface area contributed by atoms with E-state index in [-0.39, 0.29) is 17.8 Å². The Morgan fingerprint density at radius 3 is 2.86 bits per heavy atom. The number of halogens is 1. The van der Waals surface area contributed by atoms with Crippen molar-refractivity contribution in [2.45, 2.75) is 32.3 Å². The lowest BCUT2D eigenvalue weighted by molar-refractivity contribution is 0.00796. The highest BCUT2D eigenvalue weighted by Gasteiger charge is 2.37. The molecule has 1 N–H and O–H groups in total. The van der Waals surface area contributed by atoms with Crippen LogP contribution in [0.2, 0.25) is 0 Å². The second-order valence-electron chi connectivity index (χ2n) is 6.21. The molecule has 0 aromatic carbocycles. The fourth-order valence-electron chi connectivity index (χ4n) is 2.36. The number of amides is 1. The highest BCUT2D eigenvalue weighted by atomic mass is 19.1. The monoisotopic (exact) mass is 292 g/mol. The lowest BCUT2D eigenvalue weighted by Gasteiger charge is -2.39. The molecule has 3 heterocycles. The van der Waals surface area contributed by atoms with Gasteiger partial charge in [0.2, 0.25) is 0 Å². The van der Waals surface area contributed by atoms with Crippen molar-refractivity contribution < 1.29 is 13.9 Å². The molecule has 0 radical (unpaired) electrons. The molecular weight excluding hydrogens is 275 g/mol. The van der Waals surface area contributed by atoms with Crippen LogP contribution in [0, 0.1) is 5.82 Å². The number of nitrogens with zero attached hydrogens (tertiary/aromatic N) is 3. The van der Waals surface area contributed by atoms with Gasteiger partial charge in [0.05, 0.1) is 11.1 Å². The Bertz CT molecular complexity index is 686. The van der Waals surface area contributed by atoms with E-state index in [1.807, 2.05) is 20.8 Å². The first-order valence-electron chi connectivity index (χ1n) is 6.81. The van der Waals surface area contributed by atoms with Crippen molar-refractivity contribution in [2.24, 2.45) is 0 Å². The van der Waals surface area contributed by atoms with Gasteiger partial charge in [-0.15, -0.1) is 0 Å². The van der Waals surface area contributed by atoms with Gasteiger partial charge in [-0.2, -0.15) is 5.10 Å². The number of ether oxygens (including phenoxy) is 1. The van der Waals surface area contributed by atoms with Crippen LogP contribution in [0.15, 0.2) is 12.3 Å². The Balaban J connectivity index is 1.72. The van der Waals surface area contributed by atoms with Gasteiger partial charge in [-0.25, -0.2) is 14.2 Å². The Labute approximate surface area is 121 Å². The molecule has 2 aromatic rings. The number of nitrogens with one attached hydrogen (secondary N) is 1. The molecular formula is C14H17FN4O2. The topological polar surface area (TPSA) is 71.1 Å². The summed E-state index contributed by atoms with van der Waals surface area (Å²) in [6.45, 7) is 6.42. The summed E-state index contributed by atoms with van der Waals surface area (Å²) in [4.78, 5) is 17.5. The van der Waals surface area contributed by atoms with Crippen LogP contribution in [0.4, 0.5) is 9.18 Å². The summed E-state index contributed by atoms with van der Waals surface area (Å²) >= 11 is 0. The van der Waals surface area contributed by atoms with Crippen LogP contribution in [-0.4, -0.2) is 44.9 Å². The van der Waals surface area contributed by atoms with E-state index in [1.165, 1.54) is 12.3 Å². The van der Waals surface area contributed by atoms with E-state index in [1.54, 1.807) is 4.90 Å². The third-order valence-electron chi connectivity index (χ3n) is 3.36. The van der Waals surface area contributed by atoms with Gasteiger partial charge >= 0.3 is 6.09 Å². The Kier molecular flexibility index (Phi) is 3.07. The fraction of sp³-hybridized carbons (Fsp3) is 0.500. The van der Waals surface area contributed by atoms with Crippen molar-refractivity contribution >= 4 is 17.1 Å². The molecule has 0 spiro atoms. The number of aromatic nitrogens is 3. The van der Waals surface area contributed by atoms with Gasteiger partial charge in [-0.3, -0.25) is 5.10 Å². The van der Waals surface area contributed by atoms with Gasteiger partial charge in [0, 0.05) is 25.2 Å². The lowest BCUT2D eigenvalue weighted by atomic mass is 9.95. The van der Waals surface area contributed by atoms with Crippen molar-refractivity contribution in [1.82, 2.24) is 20.1 Å². The largest absolute Gasteiger partial charge is 0.444 e. The van der Waals surface area contributed by atoms with Crippen molar-refractivity contribution in [1.29, 1.82) is 0 Å². The number of hydrogen-bond acceptors (Lipinski definition) is 4. The van der Waals surface area contributed by atoms with Crippen LogP contribution in [0.1, 0.15) is 32.4 Å². The van der Waals surface area contributed by atoms with Gasteiger partial charge in [-0.05, 0) is 26.8 Å². The maximum absolute atomic E-state index is 13.9. The first kappa shape index (κ1) is 13.8. The second kappa shape index (κ2) is 4.68. The number of H-pyrrole nitrogens is 1. The molecule has 1 fully saturated rings. The minimum Gasteiger partial charge on any atom is -0.444 e. The number of likely N-dealkylation sites (tertiary alicyclic amines) is 1. The van der Waals surface area contributed by atoms with Crippen LogP contribution < -0.4 is 0 Å². The summed E-state index contributed by atoms with van der Waals surface area (Å²) < 4.78 is 19.2. The van der Waals surface area contributed by atoms with Crippen molar-refractivity contribution in [3.63, 3.8) is 0 Å². The van der Waals surface area contributed by atoms with Crippen LogP contribution in [0.5, 0.6) is 0 Å². The predicted octanol–water partition coefficient (Wildman–Crippen LogP) is 2.43. The van der Waals surface area contributed by atoms with E-state index in [9.17, 15) is 9.18 Å². The van der Waals surface area contributed by atoms with E-state index in [4.69, 9.17) is 4.74 Å². The summed E-state index contributed by atoms with van der Waals surface area (Å²) in [5.41, 5.74) is 0.535. The average Bonchev–Trinajstić information content (AvgIpc) is 2.70. The van der Waals surface area contributed by atoms with E-state index in [2.05, 4.69) is 15.2 Å². The summed E-state index contributed by atoms with van der Waals surface area (Å²) in [7, 11) is 0. The zero-order valence-electron chi connectivity index (χ0n) is 12.2. The van der Waals surface area contributed by atoms with Gasteiger partial charge in [0.15, 0.2) is 5.65 Å². The molecule has 1 aliphatic rings. The maximum Gasteiger partial charge on any atom is 0.410 e. The highest BCUT2D eigenvalue weighted by molar-refractivity contribution is 5.79. The molecule has 21 heavy (non-hydrogen) atoms. The van der Waals surface area contributed by atoms with Crippen molar-refractivity contribution in [2.75, 3.05) is 13.1 Å². The molecule has 0 saturated carbocycles. The molecule has 0 bridgehead atoms. The van der Waals surface area contributed by atoms with E-state index >= 15 is 0 Å². The van der Waals surface area contributed by atoms with Crippen LogP contribution >= 0.6 is 0 Å². The predicted molar refractivity (Wildman–Crippen MR) is 74.4 cm³/mol. The summed E-state index contributed by atoms with van der Waals surface area (Å²) in [5, 5.41) is 7.27. The van der Waals surface area contributed by atoms with Gasteiger partial charge < -0.3 is 9.64 Å². The summed E-state index contributed by atoms with van der Waals surface area (Å²) in [6.07, 6.45) is 1.05. The molecule has 6 nitrogen and oxygen atoms in total. The number of carbonyl (C=O) groups excluding carboxylic acids is 1. The molecule has 1 aliphatic heterocycles. The summed E-state index contributed by atoms with van der Waals surface area (Å²) in [5.74, 6) is -0.343. The van der Waals surface area contributed by atoms with Crippen molar-refractivity contribution in [3.05, 3.63) is 23.8 Å². The second-order valence-corrected chi connectivity index (χ2v) is 6.21. The van der Waals surface area contributed by atoms with Crippen LogP contribution in [0.3, 0.4) is 0 Å². The molecule has 112 valence electrons. The molecule has 1 saturated heterocycles. The average molecular weight is 292 g/mol. The van der Waals surface area contributed by atoms with E-state index in [0.29, 0.717) is 29.8 Å². The quantitative estimate of drug-likeness (QED) is 0.876. The van der Waals surface area contributed by atoms with E-state index < -0.39 is 5.60 Å². The zero-order chi connectivity index (χ0) is 15.2. The Hall–Kier alpha value is -2.18. The smallest absolute Gasteiger partial charge is 0.410 e. The number of hydrogen-bond donors (Lipinski definition) is 1. The summed E-state index contributed by atoms with van der Waals surface area (Å²) in [6, 6.07) is 1.31. The fourth-order valence-corrected chi connectivity index (χ4v) is 2.36. The number of carbonyl (C=O) groups is 1. The van der Waals surface area contributed by atoms with Crippen molar-refractivity contribution in [3.8, 4) is 0 Å². The zero-order valence-corrected chi connectivity index (χ0v) is 12.2. The SMILES string of the molecule is CC(C)(C)OC(=O)N1CC(c2n[nH]c3nccc(F)c23)C1. The third-order valence-corrected chi connectivity index (χ3v) is 3.36. The molecule has 0 aliphatic carbocycles. The maximum atomic E-state index is 13.9. The Morgan fingerprint density at radius 1 is 1.48 bits per heavy atom. The normalized spacial score (nSPS) is 16.1. The number of pyridine rings is 1. The molecule has 3 rings (SSSR count). The molecule has 0 atom stereocenters. The first-order valence-corrected chi connectivity index (χ1v) is 6.81. The minimum atomic E-state index is -0.517. The Morgan fingerprint density at radius 2 is 2.19 bits per heavy atom. The lowest BCUT2D eigenvalue weighted by Crippen LogP contribution is -2.50. The van der Waals surface area contributed by atoms with Gasteiger partial charge in [0.1, 0.15) is 11.4 Å². The molecule has 2 aromatic heterocycles. The molecule has 0 unspecified atom stereocenters. The molecule has 1 amide bonds. The van der Waals surface area contributed by atoms with E-state index in [0.717, 1.165) is 0 Å². The van der Waals surface area contributed by atoms with Crippen LogP contribution in [0.25, 0.3) is 11.0 Å². The first-order chi connectivity index (χ1) is 9.85. The van der Waals surface area contributed by atoms with Gasteiger partial charge in [-0.1, -0.05) is 0 Å². The third kappa shape index (κ3) is 2.55. The number of fused-ring (bicyclic) bond motifs is 1.